The van der Waals surface area contributed by atoms with Crippen LogP contribution in [0.15, 0.2) is 48.5 Å². The summed E-state index contributed by atoms with van der Waals surface area (Å²) in [6.07, 6.45) is 1.17. The van der Waals surface area contributed by atoms with Crippen molar-refractivity contribution < 1.29 is 23.4 Å². The minimum absolute atomic E-state index is 0.0995. The van der Waals surface area contributed by atoms with Gasteiger partial charge in [0.1, 0.15) is 12.4 Å². The Balaban J connectivity index is 1.42. The fourth-order valence-corrected chi connectivity index (χ4v) is 5.31. The lowest BCUT2D eigenvalue weighted by Gasteiger charge is -2.37. The van der Waals surface area contributed by atoms with E-state index in [1.54, 1.807) is 0 Å². The summed E-state index contributed by atoms with van der Waals surface area (Å²) >= 11 is 0. The maximum absolute atomic E-state index is 12.6. The molecule has 0 bridgehead atoms. The molecule has 0 spiro atoms. The van der Waals surface area contributed by atoms with Gasteiger partial charge in [-0.3, -0.25) is 0 Å². The van der Waals surface area contributed by atoms with E-state index in [9.17, 15) is 4.79 Å². The lowest BCUT2D eigenvalue weighted by molar-refractivity contribution is -0.0451. The second-order valence-electron chi connectivity index (χ2n) is 11.0. The average Bonchev–Trinajstić information content (AvgIpc) is 3.37. The second-order valence-corrected chi connectivity index (χ2v) is 15.8. The molecule has 0 radical (unpaired) electrons. The third-order valence-corrected chi connectivity index (χ3v) is 11.9. The number of hydrogen-bond acceptors (Lipinski definition) is 5. The van der Waals surface area contributed by atoms with E-state index in [-0.39, 0.29) is 17.4 Å². The monoisotopic (exact) mass is 497 g/mol. The number of likely N-dealkylation sites (tertiary alicyclic amines) is 1. The summed E-state index contributed by atoms with van der Waals surface area (Å²) in [6.45, 7) is 14.1. The summed E-state index contributed by atoms with van der Waals surface area (Å²) in [5.41, 5.74) is 3.23. The van der Waals surface area contributed by atoms with Gasteiger partial charge < -0.3 is 23.5 Å². The summed E-state index contributed by atoms with van der Waals surface area (Å²) in [5, 5.41) is 0.0995. The Bertz CT molecular complexity index is 990. The molecule has 2 aromatic carbocycles. The molecule has 0 N–H and O–H groups in total. The van der Waals surface area contributed by atoms with Crippen molar-refractivity contribution in [1.82, 2.24) is 4.90 Å². The van der Waals surface area contributed by atoms with Crippen LogP contribution in [0, 0.1) is 0 Å². The number of amides is 1. The van der Waals surface area contributed by atoms with Crippen LogP contribution in [-0.2, 0) is 20.8 Å². The molecule has 2 heterocycles. The van der Waals surface area contributed by atoms with Gasteiger partial charge in [0.25, 0.3) is 0 Å². The number of ether oxygens (including phenoxy) is 3. The molecular weight excluding hydrogens is 458 g/mol. The number of carbonyl (C=O) groups is 1. The largest absolute Gasteiger partial charge is 0.543 e. The highest BCUT2D eigenvalue weighted by Crippen LogP contribution is 2.42. The van der Waals surface area contributed by atoms with Crippen molar-refractivity contribution >= 4 is 14.4 Å². The Morgan fingerprint density at radius 3 is 2.31 bits per heavy atom. The summed E-state index contributed by atoms with van der Waals surface area (Å²) in [5.74, 6) is 1.24. The molecule has 0 unspecified atom stereocenters. The van der Waals surface area contributed by atoms with Gasteiger partial charge in [0.05, 0.1) is 13.2 Å². The normalized spacial score (nSPS) is 18.0. The molecule has 4 rings (SSSR count). The van der Waals surface area contributed by atoms with Crippen LogP contribution in [-0.4, -0.2) is 45.6 Å². The molecule has 2 saturated heterocycles. The SMILES string of the molecule is CC(C)(C)[Si](C)(C)Oc1ccc(C2CCN(C(=O)OCc3ccccc3)CC2)cc1C1OCCO1. The van der Waals surface area contributed by atoms with Gasteiger partial charge in [-0.1, -0.05) is 57.2 Å². The van der Waals surface area contributed by atoms with Crippen LogP contribution in [0.2, 0.25) is 18.1 Å². The van der Waals surface area contributed by atoms with Crippen LogP contribution in [0.5, 0.6) is 5.75 Å². The van der Waals surface area contributed by atoms with Crippen molar-refractivity contribution in [3.63, 3.8) is 0 Å². The van der Waals surface area contributed by atoms with E-state index in [2.05, 4.69) is 52.1 Å². The molecule has 7 heteroatoms. The van der Waals surface area contributed by atoms with Gasteiger partial charge >= 0.3 is 6.09 Å². The van der Waals surface area contributed by atoms with Crippen molar-refractivity contribution in [2.45, 2.75) is 70.6 Å². The highest BCUT2D eigenvalue weighted by atomic mass is 28.4. The van der Waals surface area contributed by atoms with Gasteiger partial charge in [-0.25, -0.2) is 4.79 Å². The first kappa shape index (κ1) is 25.7. The number of hydrogen-bond donors (Lipinski definition) is 0. The number of benzene rings is 2. The predicted octanol–water partition coefficient (Wildman–Crippen LogP) is 6.63. The molecule has 190 valence electrons. The number of piperidine rings is 1. The topological polar surface area (TPSA) is 57.2 Å². The van der Waals surface area contributed by atoms with Crippen molar-refractivity contribution in [2.24, 2.45) is 0 Å². The second kappa shape index (κ2) is 10.7. The molecular formula is C28H39NO5Si. The summed E-state index contributed by atoms with van der Waals surface area (Å²) < 4.78 is 24.0. The Morgan fingerprint density at radius 1 is 1.03 bits per heavy atom. The predicted molar refractivity (Wildman–Crippen MR) is 139 cm³/mol. The van der Waals surface area contributed by atoms with E-state index in [0.717, 1.165) is 29.7 Å². The van der Waals surface area contributed by atoms with E-state index < -0.39 is 8.32 Å². The highest BCUT2D eigenvalue weighted by molar-refractivity contribution is 6.74. The van der Waals surface area contributed by atoms with E-state index in [0.29, 0.717) is 38.8 Å². The van der Waals surface area contributed by atoms with Gasteiger partial charge in [-0.05, 0) is 60.2 Å². The Hall–Kier alpha value is -2.35. The van der Waals surface area contributed by atoms with Gasteiger partial charge in [0.15, 0.2) is 6.29 Å². The van der Waals surface area contributed by atoms with Crippen LogP contribution in [0.3, 0.4) is 0 Å². The molecule has 0 saturated carbocycles. The first-order chi connectivity index (χ1) is 16.6. The van der Waals surface area contributed by atoms with Crippen molar-refractivity contribution in [3.8, 4) is 5.75 Å². The minimum atomic E-state index is -2.01. The zero-order valence-corrected chi connectivity index (χ0v) is 22.7. The van der Waals surface area contributed by atoms with E-state index in [1.807, 2.05) is 35.2 Å². The average molecular weight is 498 g/mol. The standard InChI is InChI=1S/C28H39NO5Si/c1-28(2,3)35(4,5)34-25-12-11-23(19-24(25)26-31-17-18-32-26)22-13-15-29(16-14-22)27(30)33-20-21-9-7-6-8-10-21/h6-12,19,22,26H,13-18,20H2,1-5H3. The van der Waals surface area contributed by atoms with Crippen LogP contribution in [0.25, 0.3) is 0 Å². The van der Waals surface area contributed by atoms with Crippen LogP contribution < -0.4 is 4.43 Å². The lowest BCUT2D eigenvalue weighted by atomic mass is 9.88. The van der Waals surface area contributed by atoms with E-state index in [4.69, 9.17) is 18.6 Å². The van der Waals surface area contributed by atoms with Gasteiger partial charge in [-0.2, -0.15) is 0 Å². The zero-order valence-electron chi connectivity index (χ0n) is 21.7. The lowest BCUT2D eigenvalue weighted by Crippen LogP contribution is -2.44. The Kier molecular flexibility index (Phi) is 7.88. The molecule has 2 fully saturated rings. The number of nitrogens with zero attached hydrogens (tertiary/aromatic N) is 1. The highest BCUT2D eigenvalue weighted by Gasteiger charge is 2.40. The van der Waals surface area contributed by atoms with Crippen LogP contribution in [0.4, 0.5) is 4.79 Å². The molecule has 0 aliphatic carbocycles. The molecule has 35 heavy (non-hydrogen) atoms. The fourth-order valence-electron chi connectivity index (χ4n) is 4.27. The minimum Gasteiger partial charge on any atom is -0.543 e. The molecule has 2 aliphatic rings. The maximum Gasteiger partial charge on any atom is 0.410 e. The quantitative estimate of drug-likeness (QED) is 0.419. The molecule has 1 amide bonds. The van der Waals surface area contributed by atoms with Gasteiger partial charge in [0, 0.05) is 18.7 Å². The summed E-state index contributed by atoms with van der Waals surface area (Å²) in [4.78, 5) is 14.4. The van der Waals surface area contributed by atoms with E-state index in [1.165, 1.54) is 5.56 Å². The third-order valence-electron chi connectivity index (χ3n) is 7.51. The number of rotatable bonds is 6. The van der Waals surface area contributed by atoms with Gasteiger partial charge in [0.2, 0.25) is 8.32 Å². The molecule has 2 aromatic rings. The smallest absolute Gasteiger partial charge is 0.410 e. The Morgan fingerprint density at radius 2 is 1.69 bits per heavy atom. The zero-order chi connectivity index (χ0) is 25.1. The summed E-state index contributed by atoms with van der Waals surface area (Å²) in [7, 11) is -2.01. The first-order valence-corrected chi connectivity index (χ1v) is 15.6. The maximum atomic E-state index is 12.6. The van der Waals surface area contributed by atoms with E-state index >= 15 is 0 Å². The first-order valence-electron chi connectivity index (χ1n) is 12.7. The van der Waals surface area contributed by atoms with Crippen molar-refractivity contribution in [3.05, 3.63) is 65.2 Å². The fraction of sp³-hybridized carbons (Fsp3) is 0.536. The number of carbonyl (C=O) groups excluding carboxylic acids is 1. The van der Waals surface area contributed by atoms with Crippen molar-refractivity contribution in [2.75, 3.05) is 26.3 Å². The molecule has 2 aliphatic heterocycles. The summed E-state index contributed by atoms with van der Waals surface area (Å²) in [6, 6.07) is 16.3. The van der Waals surface area contributed by atoms with Crippen LogP contribution in [0.1, 0.15) is 62.5 Å². The van der Waals surface area contributed by atoms with Crippen LogP contribution >= 0.6 is 0 Å². The third kappa shape index (κ3) is 6.26. The molecule has 0 aromatic heterocycles. The van der Waals surface area contributed by atoms with Crippen molar-refractivity contribution in [1.29, 1.82) is 0 Å². The molecule has 6 nitrogen and oxygen atoms in total. The van der Waals surface area contributed by atoms with Gasteiger partial charge in [-0.15, -0.1) is 0 Å². The molecule has 0 atom stereocenters. The Labute approximate surface area is 210 Å².